The van der Waals surface area contributed by atoms with E-state index < -0.39 is 0 Å². The van der Waals surface area contributed by atoms with Crippen LogP contribution in [0.4, 0.5) is 0 Å². The van der Waals surface area contributed by atoms with Crippen molar-refractivity contribution >= 4 is 5.71 Å². The third kappa shape index (κ3) is 4.83. The second-order valence-corrected chi connectivity index (χ2v) is 5.30. The number of likely N-dealkylation sites (tertiary alicyclic amines) is 1. The summed E-state index contributed by atoms with van der Waals surface area (Å²) in [5, 5.41) is 3.37. The maximum atomic E-state index is 4.75. The summed E-state index contributed by atoms with van der Waals surface area (Å²) in [5.74, 6) is 1.87. The maximum Gasteiger partial charge on any atom is 0.124 e. The van der Waals surface area contributed by atoms with Gasteiger partial charge in [0.1, 0.15) is 5.82 Å². The number of rotatable bonds is 6. The fourth-order valence-corrected chi connectivity index (χ4v) is 2.53. The van der Waals surface area contributed by atoms with Gasteiger partial charge in [0.25, 0.3) is 0 Å². The standard InChI is InChI=1S/C16H29N3/c1-6-8-13(3)18-16(9-7-2)19-11-10-15(12-19)14(4)17-5/h6,8-9,14-15,17H,7,10-12H2,1-5H3/b8-6-,16-9-,18-13-. The molecule has 1 heterocycles. The van der Waals surface area contributed by atoms with Crippen molar-refractivity contribution in [1.29, 1.82) is 0 Å². The van der Waals surface area contributed by atoms with Crippen LogP contribution in [-0.2, 0) is 0 Å². The lowest BCUT2D eigenvalue weighted by molar-refractivity contribution is 0.361. The number of nitrogens with zero attached hydrogens (tertiary/aromatic N) is 2. The first kappa shape index (κ1) is 16.0. The molecule has 0 aromatic heterocycles. The number of hydrogen-bond donors (Lipinski definition) is 1. The van der Waals surface area contributed by atoms with E-state index in [1.807, 2.05) is 20.0 Å². The molecular weight excluding hydrogens is 234 g/mol. The molecule has 0 amide bonds. The molecule has 1 rings (SSSR count). The van der Waals surface area contributed by atoms with Crippen LogP contribution < -0.4 is 5.32 Å². The molecule has 0 spiro atoms. The lowest BCUT2D eigenvalue weighted by Gasteiger charge is -2.22. The van der Waals surface area contributed by atoms with Crippen LogP contribution in [0.15, 0.2) is 29.0 Å². The second-order valence-electron chi connectivity index (χ2n) is 5.30. The van der Waals surface area contributed by atoms with Gasteiger partial charge in [-0.2, -0.15) is 0 Å². The average Bonchev–Trinajstić information content (AvgIpc) is 2.87. The number of allylic oxidation sites excluding steroid dienone is 3. The van der Waals surface area contributed by atoms with Crippen molar-refractivity contribution < 1.29 is 0 Å². The lowest BCUT2D eigenvalue weighted by Crippen LogP contribution is -2.32. The van der Waals surface area contributed by atoms with Crippen molar-refractivity contribution in [2.45, 2.75) is 46.6 Å². The van der Waals surface area contributed by atoms with E-state index in [0.717, 1.165) is 37.0 Å². The minimum absolute atomic E-state index is 0.577. The number of aliphatic imine (C=N–C) groups is 1. The van der Waals surface area contributed by atoms with Gasteiger partial charge in [-0.25, -0.2) is 4.99 Å². The third-order valence-corrected chi connectivity index (χ3v) is 3.80. The molecule has 0 radical (unpaired) electrons. The highest BCUT2D eigenvalue weighted by atomic mass is 15.2. The summed E-state index contributed by atoms with van der Waals surface area (Å²) in [6, 6.07) is 0.577. The molecule has 19 heavy (non-hydrogen) atoms. The highest BCUT2D eigenvalue weighted by Gasteiger charge is 2.27. The van der Waals surface area contributed by atoms with E-state index in [-0.39, 0.29) is 0 Å². The fraction of sp³-hybridized carbons (Fsp3) is 0.688. The van der Waals surface area contributed by atoms with Crippen molar-refractivity contribution in [2.75, 3.05) is 20.1 Å². The normalized spacial score (nSPS) is 23.4. The van der Waals surface area contributed by atoms with Crippen molar-refractivity contribution in [1.82, 2.24) is 10.2 Å². The van der Waals surface area contributed by atoms with Crippen molar-refractivity contribution in [2.24, 2.45) is 10.9 Å². The number of nitrogens with one attached hydrogen (secondary N) is 1. The van der Waals surface area contributed by atoms with Crippen molar-refractivity contribution in [3.05, 3.63) is 24.0 Å². The van der Waals surface area contributed by atoms with E-state index in [1.54, 1.807) is 0 Å². The summed E-state index contributed by atoms with van der Waals surface area (Å²) in [5.41, 5.74) is 1.08. The highest BCUT2D eigenvalue weighted by molar-refractivity contribution is 5.93. The van der Waals surface area contributed by atoms with Crippen LogP contribution in [0.3, 0.4) is 0 Å². The van der Waals surface area contributed by atoms with Gasteiger partial charge in [-0.3, -0.25) is 0 Å². The average molecular weight is 263 g/mol. The lowest BCUT2D eigenvalue weighted by atomic mass is 10.0. The minimum Gasteiger partial charge on any atom is -0.357 e. The monoisotopic (exact) mass is 263 g/mol. The van der Waals surface area contributed by atoms with Crippen LogP contribution >= 0.6 is 0 Å². The molecule has 1 N–H and O–H groups in total. The largest absolute Gasteiger partial charge is 0.357 e. The van der Waals surface area contributed by atoms with Gasteiger partial charge in [-0.1, -0.05) is 13.0 Å². The first-order valence-corrected chi connectivity index (χ1v) is 7.42. The van der Waals surface area contributed by atoms with E-state index in [2.05, 4.69) is 43.1 Å². The summed E-state index contributed by atoms with van der Waals surface area (Å²) in [4.78, 5) is 7.18. The van der Waals surface area contributed by atoms with Gasteiger partial charge in [0.2, 0.25) is 0 Å². The topological polar surface area (TPSA) is 27.6 Å². The Morgan fingerprint density at radius 1 is 1.53 bits per heavy atom. The Kier molecular flexibility index (Phi) is 6.85. The van der Waals surface area contributed by atoms with Crippen molar-refractivity contribution in [3.63, 3.8) is 0 Å². The quantitative estimate of drug-likeness (QED) is 0.745. The Hall–Kier alpha value is -1.09. The zero-order valence-corrected chi connectivity index (χ0v) is 13.1. The molecule has 0 aliphatic carbocycles. The van der Waals surface area contributed by atoms with Crippen molar-refractivity contribution in [3.8, 4) is 0 Å². The molecule has 1 saturated heterocycles. The second kappa shape index (κ2) is 8.16. The van der Waals surface area contributed by atoms with Crippen LogP contribution in [0, 0.1) is 5.92 Å². The SMILES string of the molecule is C\C=C/C(C)=N\C(=C\CC)N1CCC(C(C)NC)C1. The van der Waals surface area contributed by atoms with E-state index in [1.165, 1.54) is 6.42 Å². The van der Waals surface area contributed by atoms with Crippen LogP contribution in [0.5, 0.6) is 0 Å². The molecule has 1 fully saturated rings. The predicted molar refractivity (Wildman–Crippen MR) is 84.5 cm³/mol. The molecule has 0 bridgehead atoms. The Morgan fingerprint density at radius 3 is 2.84 bits per heavy atom. The smallest absolute Gasteiger partial charge is 0.124 e. The molecule has 3 nitrogen and oxygen atoms in total. The molecule has 2 atom stereocenters. The maximum absolute atomic E-state index is 4.75. The Balaban J connectivity index is 2.75. The van der Waals surface area contributed by atoms with E-state index in [9.17, 15) is 0 Å². The van der Waals surface area contributed by atoms with Gasteiger partial charge in [0.05, 0.1) is 0 Å². The summed E-state index contributed by atoms with van der Waals surface area (Å²) in [6.07, 6.45) is 8.62. The van der Waals surface area contributed by atoms with Gasteiger partial charge < -0.3 is 10.2 Å². The Morgan fingerprint density at radius 2 is 2.26 bits per heavy atom. The Labute approximate surface area is 118 Å². The Bertz CT molecular complexity index is 355. The highest BCUT2D eigenvalue weighted by Crippen LogP contribution is 2.24. The zero-order valence-electron chi connectivity index (χ0n) is 13.1. The summed E-state index contributed by atoms with van der Waals surface area (Å²) >= 11 is 0. The zero-order chi connectivity index (χ0) is 14.3. The van der Waals surface area contributed by atoms with Gasteiger partial charge in [-0.15, -0.1) is 0 Å². The summed E-state index contributed by atoms with van der Waals surface area (Å²) in [7, 11) is 2.05. The molecule has 2 unspecified atom stereocenters. The fourth-order valence-electron chi connectivity index (χ4n) is 2.53. The van der Waals surface area contributed by atoms with E-state index in [0.29, 0.717) is 6.04 Å². The third-order valence-electron chi connectivity index (χ3n) is 3.80. The van der Waals surface area contributed by atoms with Crippen LogP contribution in [-0.4, -0.2) is 36.8 Å². The van der Waals surface area contributed by atoms with Crippen LogP contribution in [0.2, 0.25) is 0 Å². The van der Waals surface area contributed by atoms with Crippen LogP contribution in [0.1, 0.15) is 40.5 Å². The predicted octanol–water partition coefficient (Wildman–Crippen LogP) is 3.20. The molecule has 1 aliphatic heterocycles. The molecule has 0 aromatic carbocycles. The first-order valence-electron chi connectivity index (χ1n) is 7.42. The van der Waals surface area contributed by atoms with Gasteiger partial charge in [0, 0.05) is 24.8 Å². The molecule has 3 heteroatoms. The summed E-state index contributed by atoms with van der Waals surface area (Å²) < 4.78 is 0. The van der Waals surface area contributed by atoms with E-state index >= 15 is 0 Å². The van der Waals surface area contributed by atoms with Gasteiger partial charge in [0.15, 0.2) is 0 Å². The van der Waals surface area contributed by atoms with Crippen LogP contribution in [0.25, 0.3) is 0 Å². The van der Waals surface area contributed by atoms with E-state index in [4.69, 9.17) is 4.99 Å². The van der Waals surface area contributed by atoms with Gasteiger partial charge in [-0.05, 0) is 58.7 Å². The first-order chi connectivity index (χ1) is 9.12. The van der Waals surface area contributed by atoms with Gasteiger partial charge >= 0.3 is 0 Å². The molecule has 0 aromatic rings. The molecular formula is C16H29N3. The summed E-state index contributed by atoms with van der Waals surface area (Å²) in [6.45, 7) is 10.8. The number of hydrogen-bond acceptors (Lipinski definition) is 3. The minimum atomic E-state index is 0.577. The molecule has 1 aliphatic rings. The molecule has 0 saturated carbocycles. The molecule has 108 valence electrons.